The number of nitrogens with one attached hydrogen (secondary N) is 3. The number of ether oxygens (including phenoxy) is 1. The second-order valence-corrected chi connectivity index (χ2v) is 9.57. The molecule has 0 bridgehead atoms. The van der Waals surface area contributed by atoms with Crippen LogP contribution in [0.2, 0.25) is 0 Å². The lowest BCUT2D eigenvalue weighted by Gasteiger charge is -2.14. The zero-order valence-corrected chi connectivity index (χ0v) is 19.8. The molecule has 4 aromatic rings. The largest absolute Gasteiger partial charge is 0.492 e. The van der Waals surface area contributed by atoms with Crippen LogP contribution in [0.5, 0.6) is 5.75 Å². The first-order chi connectivity index (χ1) is 16.4. The zero-order valence-electron chi connectivity index (χ0n) is 19.0. The minimum Gasteiger partial charge on any atom is -0.492 e. The van der Waals surface area contributed by atoms with Crippen LogP contribution < -0.4 is 14.8 Å². The summed E-state index contributed by atoms with van der Waals surface area (Å²) >= 11 is 0. The fourth-order valence-corrected chi connectivity index (χ4v) is 4.60. The third-order valence-corrected chi connectivity index (χ3v) is 6.70. The van der Waals surface area contributed by atoms with Crippen LogP contribution in [-0.2, 0) is 23.5 Å². The Morgan fingerprint density at radius 2 is 2.09 bits per heavy atom. The highest BCUT2D eigenvalue weighted by Gasteiger charge is 2.17. The maximum Gasteiger partial charge on any atom is 0.265 e. The molecule has 0 saturated heterocycles. The van der Waals surface area contributed by atoms with E-state index in [9.17, 15) is 13.5 Å². The number of H-pyrrole nitrogens is 1. The smallest absolute Gasteiger partial charge is 0.265 e. The summed E-state index contributed by atoms with van der Waals surface area (Å²) in [5, 5.41) is 26.0. The SMILES string of the molecule is CCc1[nH]nc2cc(OCCNC[C@H](O)c3cccc(NS(=O)(=O)c4cnn(C)c4)c3)ccc12. The number of nitrogens with zero attached hydrogens (tertiary/aromatic N) is 3. The van der Waals surface area contributed by atoms with E-state index < -0.39 is 16.1 Å². The molecular formula is C23H28N6O4S. The second kappa shape index (κ2) is 10.2. The second-order valence-electron chi connectivity index (χ2n) is 7.88. The van der Waals surface area contributed by atoms with Gasteiger partial charge in [-0.05, 0) is 36.2 Å². The number of rotatable bonds is 11. The lowest BCUT2D eigenvalue weighted by Crippen LogP contribution is -2.26. The summed E-state index contributed by atoms with van der Waals surface area (Å²) in [4.78, 5) is 0.0693. The van der Waals surface area contributed by atoms with E-state index in [1.54, 1.807) is 31.3 Å². The van der Waals surface area contributed by atoms with Crippen molar-refractivity contribution < 1.29 is 18.3 Å². The molecule has 0 aliphatic carbocycles. The molecule has 0 spiro atoms. The highest BCUT2D eigenvalue weighted by atomic mass is 32.2. The highest BCUT2D eigenvalue weighted by molar-refractivity contribution is 7.92. The summed E-state index contributed by atoms with van der Waals surface area (Å²) in [6.45, 7) is 3.33. The predicted molar refractivity (Wildman–Crippen MR) is 129 cm³/mol. The number of benzene rings is 2. The molecule has 4 N–H and O–H groups in total. The van der Waals surface area contributed by atoms with E-state index in [0.29, 0.717) is 30.9 Å². The Labute approximate surface area is 198 Å². The number of aliphatic hydroxyl groups excluding tert-OH is 1. The molecular weight excluding hydrogens is 456 g/mol. The summed E-state index contributed by atoms with van der Waals surface area (Å²) in [5.41, 5.74) is 2.93. The first-order valence-electron chi connectivity index (χ1n) is 11.0. The van der Waals surface area contributed by atoms with Crippen LogP contribution in [0.25, 0.3) is 10.9 Å². The molecule has 180 valence electrons. The lowest BCUT2D eigenvalue weighted by molar-refractivity contribution is 0.172. The van der Waals surface area contributed by atoms with Crippen LogP contribution >= 0.6 is 0 Å². The van der Waals surface area contributed by atoms with Crippen molar-refractivity contribution in [3.8, 4) is 5.75 Å². The summed E-state index contributed by atoms with van der Waals surface area (Å²) in [6, 6.07) is 12.5. The fourth-order valence-electron chi connectivity index (χ4n) is 3.57. The number of hydrogen-bond donors (Lipinski definition) is 4. The molecule has 2 aromatic heterocycles. The molecule has 0 amide bonds. The van der Waals surface area contributed by atoms with E-state index in [2.05, 4.69) is 32.3 Å². The van der Waals surface area contributed by atoms with Crippen molar-refractivity contribution in [1.82, 2.24) is 25.3 Å². The molecule has 0 aliphatic rings. The van der Waals surface area contributed by atoms with E-state index >= 15 is 0 Å². The normalized spacial score (nSPS) is 12.7. The summed E-state index contributed by atoms with van der Waals surface area (Å²) < 4.78 is 34.7. The van der Waals surface area contributed by atoms with Gasteiger partial charge in [0, 0.05) is 49.2 Å². The van der Waals surface area contributed by atoms with Gasteiger partial charge in [-0.3, -0.25) is 14.5 Å². The Balaban J connectivity index is 1.26. The number of anilines is 1. The third-order valence-electron chi connectivity index (χ3n) is 5.36. The number of fused-ring (bicyclic) bond motifs is 1. The van der Waals surface area contributed by atoms with Gasteiger partial charge in [0.15, 0.2) is 0 Å². The third kappa shape index (κ3) is 5.56. The average molecular weight is 485 g/mol. The molecule has 0 unspecified atom stereocenters. The van der Waals surface area contributed by atoms with E-state index in [-0.39, 0.29) is 4.90 Å². The van der Waals surface area contributed by atoms with Gasteiger partial charge >= 0.3 is 0 Å². The molecule has 1 atom stereocenters. The molecule has 34 heavy (non-hydrogen) atoms. The van der Waals surface area contributed by atoms with Gasteiger partial charge < -0.3 is 15.2 Å². The molecule has 4 rings (SSSR count). The van der Waals surface area contributed by atoms with Crippen LogP contribution in [0.4, 0.5) is 5.69 Å². The van der Waals surface area contributed by atoms with E-state index in [1.165, 1.54) is 17.1 Å². The van der Waals surface area contributed by atoms with Gasteiger partial charge in [-0.2, -0.15) is 10.2 Å². The highest BCUT2D eigenvalue weighted by Crippen LogP contribution is 2.22. The monoisotopic (exact) mass is 484 g/mol. The molecule has 0 saturated carbocycles. The van der Waals surface area contributed by atoms with Crippen molar-refractivity contribution in [2.45, 2.75) is 24.3 Å². The van der Waals surface area contributed by atoms with Gasteiger partial charge in [-0.15, -0.1) is 0 Å². The standard InChI is InChI=1S/C23H28N6O4S/c1-3-21-20-8-7-18(12-22(20)27-26-21)33-10-9-24-14-23(30)16-5-4-6-17(11-16)28-34(31,32)19-13-25-29(2)15-19/h4-8,11-13,15,23-24,28,30H,3,9-10,14H2,1-2H3,(H,26,27)/t23-/m0/s1. The van der Waals surface area contributed by atoms with Crippen molar-refractivity contribution in [2.75, 3.05) is 24.4 Å². The van der Waals surface area contributed by atoms with Gasteiger partial charge in [-0.1, -0.05) is 19.1 Å². The quantitative estimate of drug-likeness (QED) is 0.240. The van der Waals surface area contributed by atoms with Crippen molar-refractivity contribution >= 4 is 26.6 Å². The number of sulfonamides is 1. The Kier molecular flexibility index (Phi) is 7.15. The molecule has 2 aromatic carbocycles. The Morgan fingerprint density at radius 3 is 2.85 bits per heavy atom. The summed E-state index contributed by atoms with van der Waals surface area (Å²) in [5.74, 6) is 0.734. The van der Waals surface area contributed by atoms with E-state index in [0.717, 1.165) is 28.8 Å². The maximum absolute atomic E-state index is 12.5. The number of aromatic nitrogens is 4. The first kappa shape index (κ1) is 23.7. The lowest BCUT2D eigenvalue weighted by atomic mass is 10.1. The summed E-state index contributed by atoms with van der Waals surface area (Å²) in [7, 11) is -2.11. The molecule has 11 heteroatoms. The number of hydrogen-bond acceptors (Lipinski definition) is 7. The fraction of sp³-hybridized carbons (Fsp3) is 0.304. The molecule has 10 nitrogen and oxygen atoms in total. The minimum absolute atomic E-state index is 0.0693. The van der Waals surface area contributed by atoms with Gasteiger partial charge in [-0.25, -0.2) is 8.42 Å². The zero-order chi connectivity index (χ0) is 24.1. The van der Waals surface area contributed by atoms with Gasteiger partial charge in [0.2, 0.25) is 0 Å². The van der Waals surface area contributed by atoms with Crippen molar-refractivity contribution in [2.24, 2.45) is 7.05 Å². The molecule has 0 radical (unpaired) electrons. The molecule has 2 heterocycles. The minimum atomic E-state index is -3.75. The number of aromatic amines is 1. The van der Waals surface area contributed by atoms with Crippen LogP contribution in [0.1, 0.15) is 24.3 Å². The van der Waals surface area contributed by atoms with Crippen molar-refractivity contribution in [1.29, 1.82) is 0 Å². The summed E-state index contributed by atoms with van der Waals surface area (Å²) in [6.07, 6.45) is 2.78. The average Bonchev–Trinajstić information content (AvgIpc) is 3.44. The van der Waals surface area contributed by atoms with E-state index in [4.69, 9.17) is 4.74 Å². The van der Waals surface area contributed by atoms with Gasteiger partial charge in [0.25, 0.3) is 10.0 Å². The van der Waals surface area contributed by atoms with Crippen molar-refractivity contribution in [3.63, 3.8) is 0 Å². The van der Waals surface area contributed by atoms with Gasteiger partial charge in [0.05, 0.1) is 17.8 Å². The topological polar surface area (TPSA) is 134 Å². The van der Waals surface area contributed by atoms with E-state index in [1.807, 2.05) is 18.2 Å². The van der Waals surface area contributed by atoms with Gasteiger partial charge in [0.1, 0.15) is 17.3 Å². The van der Waals surface area contributed by atoms with Crippen LogP contribution in [0.3, 0.4) is 0 Å². The number of aliphatic hydroxyl groups is 1. The number of aryl methyl sites for hydroxylation is 2. The Hall–Kier alpha value is -3.41. The maximum atomic E-state index is 12.5. The van der Waals surface area contributed by atoms with Crippen LogP contribution in [0.15, 0.2) is 59.8 Å². The molecule has 0 fully saturated rings. The molecule has 0 aliphatic heterocycles. The Bertz CT molecular complexity index is 1360. The van der Waals surface area contributed by atoms with Crippen LogP contribution in [-0.4, -0.2) is 53.2 Å². The van der Waals surface area contributed by atoms with Crippen molar-refractivity contribution in [3.05, 3.63) is 66.1 Å². The first-order valence-corrected chi connectivity index (χ1v) is 12.4. The van der Waals surface area contributed by atoms with Crippen LogP contribution in [0, 0.1) is 0 Å². The Morgan fingerprint density at radius 1 is 1.24 bits per heavy atom. The predicted octanol–water partition coefficient (Wildman–Crippen LogP) is 2.36.